The van der Waals surface area contributed by atoms with Crippen LogP contribution in [0.5, 0.6) is 5.88 Å². The Balaban J connectivity index is 2.31. The van der Waals surface area contributed by atoms with Crippen LogP contribution < -0.4 is 16.0 Å². The van der Waals surface area contributed by atoms with E-state index in [1.807, 2.05) is 6.07 Å². The maximum absolute atomic E-state index is 12.1. The Morgan fingerprint density at radius 1 is 1.48 bits per heavy atom. The first-order chi connectivity index (χ1) is 10.1. The number of aromatic nitrogens is 2. The molecule has 0 saturated heterocycles. The quantitative estimate of drug-likeness (QED) is 0.833. The number of ether oxygens (including phenoxy) is 1. The molecule has 0 bridgehead atoms. The van der Waals surface area contributed by atoms with Crippen LogP contribution >= 0.6 is 11.6 Å². The molecular weight excluding hydrogens is 292 g/mol. The molecule has 0 unspecified atom stereocenters. The zero-order chi connectivity index (χ0) is 15.0. The second-order valence-corrected chi connectivity index (χ2v) is 4.87. The minimum absolute atomic E-state index is 0.0620. The normalized spacial score (nSPS) is 16.9. The molecule has 0 radical (unpaired) electrons. The lowest BCUT2D eigenvalue weighted by atomic mass is 9.85. The van der Waals surface area contributed by atoms with Gasteiger partial charge in [0, 0.05) is 5.02 Å². The second-order valence-electron chi connectivity index (χ2n) is 4.43. The number of H-pyrrole nitrogens is 1. The third-order valence-electron chi connectivity index (χ3n) is 3.20. The molecule has 0 fully saturated rings. The van der Waals surface area contributed by atoms with Crippen molar-refractivity contribution in [3.05, 3.63) is 68.6 Å². The predicted molar refractivity (Wildman–Crippen MR) is 75.6 cm³/mol. The number of halogens is 1. The summed E-state index contributed by atoms with van der Waals surface area (Å²) in [7, 11) is 0. The molecule has 1 aliphatic heterocycles. The van der Waals surface area contributed by atoms with Crippen LogP contribution in [-0.4, -0.2) is 9.97 Å². The van der Waals surface area contributed by atoms with Crippen molar-refractivity contribution in [3.8, 4) is 11.9 Å². The third kappa shape index (κ3) is 2.14. The Kier molecular flexibility index (Phi) is 3.12. The summed E-state index contributed by atoms with van der Waals surface area (Å²) < 4.78 is 5.27. The molecule has 1 aliphatic rings. The molecule has 1 atom stereocenters. The van der Waals surface area contributed by atoms with Crippen molar-refractivity contribution in [1.82, 2.24) is 9.97 Å². The fraction of sp³-hybridized carbons (Fsp3) is 0.0714. The average Bonchev–Trinajstić information content (AvgIpc) is 2.46. The van der Waals surface area contributed by atoms with E-state index >= 15 is 0 Å². The third-order valence-corrected chi connectivity index (χ3v) is 3.44. The molecule has 7 heteroatoms. The lowest BCUT2D eigenvalue weighted by molar-refractivity contribution is 0.375. The van der Waals surface area contributed by atoms with E-state index < -0.39 is 5.92 Å². The van der Waals surface area contributed by atoms with Gasteiger partial charge >= 0.3 is 0 Å². The number of nitriles is 1. The molecule has 21 heavy (non-hydrogen) atoms. The maximum Gasteiger partial charge on any atom is 0.258 e. The molecule has 2 heterocycles. The number of fused-ring (bicyclic) bond motifs is 1. The standard InChI is InChI=1S/C14H9ClN4O2/c15-8-3-1-2-7(4-8)10-9(5-16)12(17)21-14-11(10)13(20)18-6-19-14/h1-4,6,10H,17H2,(H,18,19,20)/t10-/m1/s1. The van der Waals surface area contributed by atoms with Crippen molar-refractivity contribution in [3.63, 3.8) is 0 Å². The van der Waals surface area contributed by atoms with Gasteiger partial charge in [-0.15, -0.1) is 0 Å². The van der Waals surface area contributed by atoms with E-state index in [4.69, 9.17) is 22.1 Å². The maximum atomic E-state index is 12.1. The first kappa shape index (κ1) is 13.2. The van der Waals surface area contributed by atoms with E-state index in [1.165, 1.54) is 6.33 Å². The topological polar surface area (TPSA) is 105 Å². The lowest BCUT2D eigenvalue weighted by Gasteiger charge is -2.24. The summed E-state index contributed by atoms with van der Waals surface area (Å²) in [5.74, 6) is -0.622. The number of nitrogens with one attached hydrogen (secondary N) is 1. The van der Waals surface area contributed by atoms with Gasteiger partial charge in [0.1, 0.15) is 11.6 Å². The van der Waals surface area contributed by atoms with Crippen LogP contribution in [0.2, 0.25) is 5.02 Å². The minimum Gasteiger partial charge on any atom is -0.422 e. The van der Waals surface area contributed by atoms with E-state index in [1.54, 1.807) is 24.3 Å². The van der Waals surface area contributed by atoms with Gasteiger partial charge in [-0.25, -0.2) is 4.98 Å². The molecule has 0 amide bonds. The fourth-order valence-corrected chi connectivity index (χ4v) is 2.51. The Bertz CT molecular complexity index is 851. The average molecular weight is 301 g/mol. The van der Waals surface area contributed by atoms with Gasteiger partial charge in [-0.3, -0.25) is 4.79 Å². The summed E-state index contributed by atoms with van der Waals surface area (Å²) in [6, 6.07) is 8.89. The van der Waals surface area contributed by atoms with Gasteiger partial charge in [0.15, 0.2) is 0 Å². The van der Waals surface area contributed by atoms with Gasteiger partial charge in [0.2, 0.25) is 11.8 Å². The van der Waals surface area contributed by atoms with Crippen LogP contribution in [-0.2, 0) is 0 Å². The zero-order valence-electron chi connectivity index (χ0n) is 10.6. The minimum atomic E-state index is -0.658. The van der Waals surface area contributed by atoms with E-state index in [0.717, 1.165) is 0 Å². The van der Waals surface area contributed by atoms with Crippen LogP contribution in [0.4, 0.5) is 0 Å². The summed E-state index contributed by atoms with van der Waals surface area (Å²) in [4.78, 5) is 18.6. The summed E-state index contributed by atoms with van der Waals surface area (Å²) in [6.45, 7) is 0. The Morgan fingerprint density at radius 2 is 2.29 bits per heavy atom. The van der Waals surface area contributed by atoms with Crippen molar-refractivity contribution in [2.45, 2.75) is 5.92 Å². The van der Waals surface area contributed by atoms with Crippen LogP contribution in [0.15, 0.2) is 46.8 Å². The number of aromatic amines is 1. The Labute approximate surface area is 124 Å². The number of nitrogens with two attached hydrogens (primary N) is 1. The molecular formula is C14H9ClN4O2. The summed E-state index contributed by atoms with van der Waals surface area (Å²) in [5, 5.41) is 9.84. The second kappa shape index (κ2) is 4.96. The molecule has 0 aliphatic carbocycles. The van der Waals surface area contributed by atoms with Crippen molar-refractivity contribution in [2.24, 2.45) is 5.73 Å². The number of hydrogen-bond donors (Lipinski definition) is 2. The number of benzene rings is 1. The van der Waals surface area contributed by atoms with Crippen molar-refractivity contribution in [1.29, 1.82) is 5.26 Å². The highest BCUT2D eigenvalue weighted by atomic mass is 35.5. The van der Waals surface area contributed by atoms with Crippen LogP contribution in [0, 0.1) is 11.3 Å². The van der Waals surface area contributed by atoms with E-state index in [0.29, 0.717) is 10.6 Å². The van der Waals surface area contributed by atoms with E-state index in [-0.39, 0.29) is 28.5 Å². The van der Waals surface area contributed by atoms with Gasteiger partial charge in [0.25, 0.3) is 5.56 Å². The smallest absolute Gasteiger partial charge is 0.258 e. The SMILES string of the molecule is N#CC1=C(N)Oc2nc[nH]c(=O)c2[C@@H]1c1cccc(Cl)c1. The predicted octanol–water partition coefficient (Wildman–Crippen LogP) is 1.64. The van der Waals surface area contributed by atoms with Gasteiger partial charge in [-0.05, 0) is 17.7 Å². The fourth-order valence-electron chi connectivity index (χ4n) is 2.31. The van der Waals surface area contributed by atoms with Gasteiger partial charge in [0.05, 0.1) is 17.8 Å². The first-order valence-corrected chi connectivity index (χ1v) is 6.40. The zero-order valence-corrected chi connectivity index (χ0v) is 11.4. The van der Waals surface area contributed by atoms with E-state index in [2.05, 4.69) is 9.97 Å². The Morgan fingerprint density at radius 3 is 3.00 bits per heavy atom. The molecule has 0 spiro atoms. The van der Waals surface area contributed by atoms with E-state index in [9.17, 15) is 10.1 Å². The molecule has 3 rings (SSSR count). The van der Waals surface area contributed by atoms with Crippen molar-refractivity contribution >= 4 is 11.6 Å². The highest BCUT2D eigenvalue weighted by molar-refractivity contribution is 6.30. The molecule has 1 aromatic carbocycles. The lowest BCUT2D eigenvalue weighted by Crippen LogP contribution is -2.28. The molecule has 3 N–H and O–H groups in total. The van der Waals surface area contributed by atoms with Crippen LogP contribution in [0.25, 0.3) is 0 Å². The number of rotatable bonds is 1. The highest BCUT2D eigenvalue weighted by Gasteiger charge is 2.33. The molecule has 104 valence electrons. The van der Waals surface area contributed by atoms with Crippen LogP contribution in [0.3, 0.4) is 0 Å². The summed E-state index contributed by atoms with van der Waals surface area (Å²) in [6.07, 6.45) is 1.22. The summed E-state index contributed by atoms with van der Waals surface area (Å²) >= 11 is 6.00. The molecule has 1 aromatic heterocycles. The Hall–Kier alpha value is -2.78. The molecule has 6 nitrogen and oxygen atoms in total. The first-order valence-electron chi connectivity index (χ1n) is 6.02. The van der Waals surface area contributed by atoms with Gasteiger partial charge in [-0.1, -0.05) is 23.7 Å². The number of nitrogens with zero attached hydrogens (tertiary/aromatic N) is 2. The molecule has 0 saturated carbocycles. The monoisotopic (exact) mass is 300 g/mol. The van der Waals surface area contributed by atoms with Crippen LogP contribution in [0.1, 0.15) is 17.0 Å². The van der Waals surface area contributed by atoms with Gasteiger partial charge in [-0.2, -0.15) is 5.26 Å². The van der Waals surface area contributed by atoms with Crippen molar-refractivity contribution < 1.29 is 4.74 Å². The summed E-state index contributed by atoms with van der Waals surface area (Å²) in [5.41, 5.74) is 6.45. The van der Waals surface area contributed by atoms with Crippen molar-refractivity contribution in [2.75, 3.05) is 0 Å². The number of hydrogen-bond acceptors (Lipinski definition) is 5. The largest absolute Gasteiger partial charge is 0.422 e. The number of allylic oxidation sites excluding steroid dienone is 1. The van der Waals surface area contributed by atoms with Gasteiger partial charge < -0.3 is 15.5 Å². The molecule has 2 aromatic rings. The highest BCUT2D eigenvalue weighted by Crippen LogP contribution is 2.39.